The van der Waals surface area contributed by atoms with Crippen LogP contribution in [0.4, 0.5) is 11.4 Å². The maximum absolute atomic E-state index is 14.1. The quantitative estimate of drug-likeness (QED) is 0.212. The molecule has 1 fully saturated rings. The van der Waals surface area contributed by atoms with Crippen LogP contribution in [0, 0.1) is 5.92 Å². The molecular weight excluding hydrogens is 662 g/mol. The second kappa shape index (κ2) is 11.4. The van der Waals surface area contributed by atoms with Crippen molar-refractivity contribution in [2.45, 2.75) is 22.7 Å². The van der Waals surface area contributed by atoms with Crippen molar-refractivity contribution in [3.63, 3.8) is 0 Å². The number of nitrogens with zero attached hydrogens (tertiary/aromatic N) is 2. The number of hydrogen-bond acceptors (Lipinski definition) is 7. The molecule has 2 aliphatic heterocycles. The third-order valence-electron chi connectivity index (χ3n) is 7.94. The van der Waals surface area contributed by atoms with Crippen LogP contribution in [0.25, 0.3) is 10.8 Å². The molecule has 5 aromatic rings. The Bertz CT molecular complexity index is 2020. The van der Waals surface area contributed by atoms with Gasteiger partial charge in [-0.25, -0.2) is 4.90 Å². The number of anilines is 2. The van der Waals surface area contributed by atoms with Gasteiger partial charge >= 0.3 is 4.87 Å². The van der Waals surface area contributed by atoms with E-state index in [4.69, 9.17) is 4.74 Å². The van der Waals surface area contributed by atoms with Crippen LogP contribution < -0.4 is 19.8 Å². The Morgan fingerprint density at radius 1 is 0.909 bits per heavy atom. The number of rotatable bonds is 6. The normalized spacial score (nSPS) is 19.1. The van der Waals surface area contributed by atoms with Crippen LogP contribution in [0.3, 0.4) is 0 Å². The molecule has 3 atom stereocenters. The molecule has 3 unspecified atom stereocenters. The topological polar surface area (TPSA) is 97.7 Å². The molecule has 0 bridgehead atoms. The lowest BCUT2D eigenvalue weighted by Crippen LogP contribution is -2.33. The highest BCUT2D eigenvalue weighted by Crippen LogP contribution is 2.55. The largest absolute Gasteiger partial charge is 0.496 e. The van der Waals surface area contributed by atoms with E-state index >= 15 is 0 Å². The molecule has 1 aromatic heterocycles. The van der Waals surface area contributed by atoms with Crippen molar-refractivity contribution in [3.05, 3.63) is 116 Å². The Labute approximate surface area is 268 Å². The number of ether oxygens (including phenoxy) is 1. The number of carbonyl (C=O) groups excluding carboxylic acids is 3. The van der Waals surface area contributed by atoms with E-state index in [0.717, 1.165) is 26.6 Å². The number of methoxy groups -OCH3 is 1. The van der Waals surface area contributed by atoms with Crippen molar-refractivity contribution in [2.75, 3.05) is 17.3 Å². The zero-order valence-corrected chi connectivity index (χ0v) is 26.4. The minimum Gasteiger partial charge on any atom is -0.496 e. The minimum atomic E-state index is -0.794. The zero-order valence-electron chi connectivity index (χ0n) is 23.2. The first-order valence-electron chi connectivity index (χ1n) is 13.8. The molecule has 0 radical (unpaired) electrons. The van der Waals surface area contributed by atoms with Crippen LogP contribution in [0.5, 0.6) is 5.75 Å². The molecule has 3 heterocycles. The second-order valence-corrected chi connectivity index (χ2v) is 13.5. The molecular formula is C33H24BrN3O5S2. The molecule has 8 nitrogen and oxygen atoms in total. The molecule has 220 valence electrons. The van der Waals surface area contributed by atoms with E-state index in [9.17, 15) is 19.2 Å². The Hall–Kier alpha value is -4.19. The van der Waals surface area contributed by atoms with Gasteiger partial charge in [-0.15, -0.1) is 0 Å². The number of imide groups is 1. The molecule has 2 aliphatic rings. The lowest BCUT2D eigenvalue weighted by atomic mass is 9.82. The number of para-hydroxylation sites is 1. The molecule has 7 rings (SSSR count). The van der Waals surface area contributed by atoms with Gasteiger partial charge in [0.1, 0.15) is 17.5 Å². The number of hydrogen-bond donors (Lipinski definition) is 1. The molecule has 0 saturated carbocycles. The predicted molar refractivity (Wildman–Crippen MR) is 176 cm³/mol. The molecule has 1 saturated heterocycles. The first-order chi connectivity index (χ1) is 21.3. The van der Waals surface area contributed by atoms with E-state index in [-0.39, 0.29) is 29.1 Å². The van der Waals surface area contributed by atoms with Gasteiger partial charge in [0.2, 0.25) is 17.7 Å². The van der Waals surface area contributed by atoms with E-state index in [1.807, 2.05) is 60.7 Å². The number of amides is 3. The average Bonchev–Trinajstić information content (AvgIpc) is 3.47. The Kier molecular flexibility index (Phi) is 7.39. The van der Waals surface area contributed by atoms with Gasteiger partial charge < -0.3 is 10.1 Å². The molecule has 0 spiro atoms. The summed E-state index contributed by atoms with van der Waals surface area (Å²) >= 11 is 5.60. The highest BCUT2D eigenvalue weighted by atomic mass is 79.9. The van der Waals surface area contributed by atoms with E-state index in [1.54, 1.807) is 37.4 Å². The van der Waals surface area contributed by atoms with Crippen LogP contribution >= 0.6 is 39.0 Å². The molecule has 0 aliphatic carbocycles. The van der Waals surface area contributed by atoms with Crippen LogP contribution in [0.15, 0.2) is 105 Å². The summed E-state index contributed by atoms with van der Waals surface area (Å²) in [5, 5.41) is 4.66. The fourth-order valence-corrected chi connectivity index (χ4v) is 9.00. The fraction of sp³-hybridized carbons (Fsp3) is 0.152. The van der Waals surface area contributed by atoms with Crippen molar-refractivity contribution < 1.29 is 19.1 Å². The van der Waals surface area contributed by atoms with E-state index in [1.165, 1.54) is 21.2 Å². The SMILES string of the molecule is COc1ccccc1C1c2sc(=O)n(CC(=O)Nc3ccc4ccccc4c3)c2SC2C(=O)N(c3ccc(Br)cc3)C(=O)C21. The van der Waals surface area contributed by atoms with Gasteiger partial charge in [-0.1, -0.05) is 87.6 Å². The Morgan fingerprint density at radius 3 is 2.41 bits per heavy atom. The van der Waals surface area contributed by atoms with E-state index < -0.39 is 17.1 Å². The summed E-state index contributed by atoms with van der Waals surface area (Å²) in [6.45, 7) is -0.237. The lowest BCUT2D eigenvalue weighted by Gasteiger charge is -2.31. The summed E-state index contributed by atoms with van der Waals surface area (Å²) in [4.78, 5) is 56.3. The highest BCUT2D eigenvalue weighted by Gasteiger charge is 2.57. The first kappa shape index (κ1) is 28.6. The van der Waals surface area contributed by atoms with Crippen LogP contribution in [0.2, 0.25) is 0 Å². The highest BCUT2D eigenvalue weighted by molar-refractivity contribution is 9.10. The summed E-state index contributed by atoms with van der Waals surface area (Å²) in [5.41, 5.74) is 1.80. The van der Waals surface area contributed by atoms with Gasteiger partial charge in [0.25, 0.3) is 0 Å². The number of thiazole rings is 1. The third kappa shape index (κ3) is 4.85. The summed E-state index contributed by atoms with van der Waals surface area (Å²) in [6.07, 6.45) is 0. The smallest absolute Gasteiger partial charge is 0.308 e. The zero-order chi connectivity index (χ0) is 30.5. The van der Waals surface area contributed by atoms with Crippen molar-refractivity contribution >= 4 is 78.9 Å². The van der Waals surface area contributed by atoms with Crippen LogP contribution in [-0.4, -0.2) is 34.6 Å². The summed E-state index contributed by atoms with van der Waals surface area (Å²) < 4.78 is 7.92. The van der Waals surface area contributed by atoms with Gasteiger partial charge in [0.05, 0.1) is 23.7 Å². The van der Waals surface area contributed by atoms with Gasteiger partial charge in [-0.2, -0.15) is 0 Å². The number of nitrogens with one attached hydrogen (secondary N) is 1. The van der Waals surface area contributed by atoms with E-state index in [0.29, 0.717) is 32.6 Å². The maximum atomic E-state index is 14.1. The van der Waals surface area contributed by atoms with Crippen molar-refractivity contribution in [3.8, 4) is 5.75 Å². The van der Waals surface area contributed by atoms with Gasteiger partial charge in [0.15, 0.2) is 0 Å². The molecule has 1 N–H and O–H groups in total. The van der Waals surface area contributed by atoms with Crippen LogP contribution in [-0.2, 0) is 20.9 Å². The van der Waals surface area contributed by atoms with Crippen LogP contribution in [0.1, 0.15) is 16.4 Å². The predicted octanol–water partition coefficient (Wildman–Crippen LogP) is 6.27. The first-order valence-corrected chi connectivity index (χ1v) is 16.3. The molecule has 44 heavy (non-hydrogen) atoms. The second-order valence-electron chi connectivity index (χ2n) is 10.5. The fourth-order valence-electron chi connectivity index (χ4n) is 5.97. The van der Waals surface area contributed by atoms with Gasteiger partial charge in [-0.3, -0.25) is 23.7 Å². The third-order valence-corrected chi connectivity index (χ3v) is 11.1. The number of benzene rings is 4. The van der Waals surface area contributed by atoms with Crippen molar-refractivity contribution in [1.29, 1.82) is 0 Å². The molecule has 11 heteroatoms. The minimum absolute atomic E-state index is 0.237. The average molecular weight is 687 g/mol. The number of aromatic nitrogens is 1. The van der Waals surface area contributed by atoms with Gasteiger partial charge in [-0.05, 0) is 53.2 Å². The molecule has 3 amide bonds. The summed E-state index contributed by atoms with van der Waals surface area (Å²) in [6, 6.07) is 27.8. The Morgan fingerprint density at radius 2 is 1.64 bits per heavy atom. The number of halogens is 1. The summed E-state index contributed by atoms with van der Waals surface area (Å²) in [5.74, 6) is -1.89. The lowest BCUT2D eigenvalue weighted by molar-refractivity contribution is -0.122. The van der Waals surface area contributed by atoms with Crippen molar-refractivity contribution in [1.82, 2.24) is 4.57 Å². The number of thioether (sulfide) groups is 1. The maximum Gasteiger partial charge on any atom is 0.308 e. The Balaban J connectivity index is 1.28. The number of carbonyl (C=O) groups is 3. The van der Waals surface area contributed by atoms with Gasteiger partial charge in [0, 0.05) is 26.5 Å². The molecule has 4 aromatic carbocycles. The standard InChI is InChI=1S/C33H24BrN3O5S2/c1-42-24-9-5-4-8-23(24)26-27-28(31(40)37(30(27)39)22-14-11-20(34)12-15-22)43-32-29(26)44-33(41)36(32)17-25(38)35-21-13-10-18-6-2-3-7-19(18)16-21/h2-16,26-28H,17H2,1H3,(H,35,38). The van der Waals surface area contributed by atoms with Crippen molar-refractivity contribution in [2.24, 2.45) is 5.92 Å². The monoisotopic (exact) mass is 685 g/mol. The summed E-state index contributed by atoms with van der Waals surface area (Å²) in [7, 11) is 1.55. The van der Waals surface area contributed by atoms with E-state index in [2.05, 4.69) is 21.2 Å². The number of fused-ring (bicyclic) bond motifs is 3.